The van der Waals surface area contributed by atoms with Gasteiger partial charge in [-0.15, -0.1) is 0 Å². The Bertz CT molecular complexity index is 211. The Balaban J connectivity index is 2.62. The maximum atomic E-state index is 10.7. The average molecular weight is 175 g/mol. The van der Waals surface area contributed by atoms with Crippen LogP contribution in [0.5, 0.6) is 0 Å². The van der Waals surface area contributed by atoms with Crippen LogP contribution in [-0.2, 0) is 9.59 Å². The van der Waals surface area contributed by atoms with Gasteiger partial charge in [0.05, 0.1) is 11.9 Å². The lowest BCUT2D eigenvalue weighted by molar-refractivity contribution is -0.131. The fraction of sp³-hybridized carbons (Fsp3) is 0.400. The second kappa shape index (κ2) is 2.91. The highest BCUT2D eigenvalue weighted by Crippen LogP contribution is 2.21. The number of amides is 2. The summed E-state index contributed by atoms with van der Waals surface area (Å²) in [5.41, 5.74) is 0. The molecule has 1 heterocycles. The summed E-state index contributed by atoms with van der Waals surface area (Å²) >= 11 is 0.229. The topological polar surface area (TPSA) is 74.7 Å². The Morgan fingerprint density at radius 3 is 2.18 bits per heavy atom. The largest absolute Gasteiger partial charge is 0.472 e. The molecule has 0 unspecified atom stereocenters. The van der Waals surface area contributed by atoms with Crippen LogP contribution in [0.1, 0.15) is 12.8 Å². The van der Waals surface area contributed by atoms with E-state index in [1.807, 2.05) is 0 Å². The fourth-order valence-electron chi connectivity index (χ4n) is 0.736. The molecular formula is C5H5NO4S. The van der Waals surface area contributed by atoms with Crippen LogP contribution in [0.4, 0.5) is 4.79 Å². The first kappa shape index (κ1) is 8.06. The molecule has 0 atom stereocenters. The first-order valence-electron chi connectivity index (χ1n) is 2.88. The van der Waals surface area contributed by atoms with E-state index < -0.39 is 17.1 Å². The summed E-state index contributed by atoms with van der Waals surface area (Å²) in [4.78, 5) is 31.5. The molecule has 60 valence electrons. The van der Waals surface area contributed by atoms with Gasteiger partial charge in [0.1, 0.15) is 0 Å². The van der Waals surface area contributed by atoms with Gasteiger partial charge in [0.25, 0.3) is 0 Å². The lowest BCUT2D eigenvalue weighted by Crippen LogP contribution is -2.22. The van der Waals surface area contributed by atoms with E-state index in [0.717, 1.165) is 0 Å². The van der Waals surface area contributed by atoms with E-state index in [1.54, 1.807) is 0 Å². The SMILES string of the molecule is O=C(O)SN1C(=O)CCC1=O. The summed E-state index contributed by atoms with van der Waals surface area (Å²) in [7, 11) is 0. The minimum absolute atomic E-state index is 0.124. The van der Waals surface area contributed by atoms with Crippen LogP contribution >= 0.6 is 11.9 Å². The van der Waals surface area contributed by atoms with Crippen molar-refractivity contribution >= 4 is 29.1 Å². The maximum Gasteiger partial charge on any atom is 0.386 e. The molecule has 0 aromatic carbocycles. The van der Waals surface area contributed by atoms with Crippen LogP contribution < -0.4 is 0 Å². The fourth-order valence-corrected chi connectivity index (χ4v) is 1.28. The minimum atomic E-state index is -1.24. The van der Waals surface area contributed by atoms with E-state index in [2.05, 4.69) is 0 Å². The van der Waals surface area contributed by atoms with Gasteiger partial charge in [-0.1, -0.05) is 0 Å². The van der Waals surface area contributed by atoms with Gasteiger partial charge in [0.15, 0.2) is 0 Å². The smallest absolute Gasteiger partial charge is 0.386 e. The van der Waals surface area contributed by atoms with Crippen LogP contribution in [0, 0.1) is 0 Å². The minimum Gasteiger partial charge on any atom is -0.472 e. The van der Waals surface area contributed by atoms with Crippen LogP contribution in [0.3, 0.4) is 0 Å². The number of nitrogens with zero attached hydrogens (tertiary/aromatic N) is 1. The Labute approximate surface area is 66.5 Å². The summed E-state index contributed by atoms with van der Waals surface area (Å²) in [6.45, 7) is 0. The van der Waals surface area contributed by atoms with Crippen molar-refractivity contribution in [2.45, 2.75) is 12.8 Å². The Morgan fingerprint density at radius 1 is 1.36 bits per heavy atom. The van der Waals surface area contributed by atoms with Crippen LogP contribution in [0.15, 0.2) is 0 Å². The number of carbonyl (C=O) groups excluding carboxylic acids is 2. The molecule has 1 N–H and O–H groups in total. The second-order valence-corrected chi connectivity index (χ2v) is 2.84. The molecule has 1 aliphatic rings. The van der Waals surface area contributed by atoms with Crippen molar-refractivity contribution in [3.8, 4) is 0 Å². The van der Waals surface area contributed by atoms with Crippen molar-refractivity contribution in [2.24, 2.45) is 0 Å². The van der Waals surface area contributed by atoms with Gasteiger partial charge in [-0.05, 0) is 0 Å². The molecule has 1 aliphatic heterocycles. The molecule has 6 heteroatoms. The molecular weight excluding hydrogens is 170 g/mol. The first-order valence-corrected chi connectivity index (χ1v) is 3.65. The predicted octanol–water partition coefficient (Wildman–Crippen LogP) is 0.462. The highest BCUT2D eigenvalue weighted by atomic mass is 32.2. The monoisotopic (exact) mass is 175 g/mol. The zero-order chi connectivity index (χ0) is 8.43. The van der Waals surface area contributed by atoms with E-state index in [-0.39, 0.29) is 24.8 Å². The van der Waals surface area contributed by atoms with Gasteiger partial charge in [-0.2, -0.15) is 0 Å². The van der Waals surface area contributed by atoms with Crippen molar-refractivity contribution in [3.63, 3.8) is 0 Å². The standard InChI is InChI=1S/C5H5NO4S/c7-3-1-2-4(8)6(3)11-5(9)10/h1-2H2,(H,9,10). The summed E-state index contributed by atoms with van der Waals surface area (Å²) < 4.78 is 0.683. The van der Waals surface area contributed by atoms with Crippen LogP contribution in [-0.4, -0.2) is 26.5 Å². The lowest BCUT2D eigenvalue weighted by Gasteiger charge is -2.06. The van der Waals surface area contributed by atoms with Crippen molar-refractivity contribution in [1.29, 1.82) is 0 Å². The molecule has 0 aliphatic carbocycles. The van der Waals surface area contributed by atoms with E-state index in [1.165, 1.54) is 0 Å². The highest BCUT2D eigenvalue weighted by Gasteiger charge is 2.31. The van der Waals surface area contributed by atoms with E-state index in [0.29, 0.717) is 4.31 Å². The third-order valence-corrected chi connectivity index (χ3v) is 1.92. The van der Waals surface area contributed by atoms with Crippen LogP contribution in [0.25, 0.3) is 0 Å². The number of hydrogen-bond acceptors (Lipinski definition) is 4. The molecule has 1 fully saturated rings. The molecule has 0 radical (unpaired) electrons. The molecule has 0 aromatic rings. The van der Waals surface area contributed by atoms with Gasteiger partial charge >= 0.3 is 5.30 Å². The molecule has 0 spiro atoms. The molecule has 0 bridgehead atoms. The number of carbonyl (C=O) groups is 3. The third-order valence-electron chi connectivity index (χ3n) is 1.18. The molecule has 1 saturated heterocycles. The lowest BCUT2D eigenvalue weighted by atomic mass is 10.4. The molecule has 11 heavy (non-hydrogen) atoms. The predicted molar refractivity (Wildman–Crippen MR) is 36.7 cm³/mol. The van der Waals surface area contributed by atoms with E-state index in [9.17, 15) is 14.4 Å². The molecule has 5 nitrogen and oxygen atoms in total. The maximum absolute atomic E-state index is 10.7. The summed E-state index contributed by atoms with van der Waals surface area (Å²) in [5, 5.41) is 6.98. The molecule has 0 saturated carbocycles. The normalized spacial score (nSPS) is 17.6. The number of rotatable bonds is 1. The Kier molecular flexibility index (Phi) is 2.13. The van der Waals surface area contributed by atoms with E-state index >= 15 is 0 Å². The Morgan fingerprint density at radius 2 is 1.82 bits per heavy atom. The summed E-state index contributed by atoms with van der Waals surface area (Å²) in [5.74, 6) is -0.857. The molecule has 1 rings (SSSR count). The summed E-state index contributed by atoms with van der Waals surface area (Å²) in [6, 6.07) is 0. The first-order chi connectivity index (χ1) is 5.11. The van der Waals surface area contributed by atoms with Crippen molar-refractivity contribution < 1.29 is 19.5 Å². The van der Waals surface area contributed by atoms with Gasteiger partial charge < -0.3 is 5.11 Å². The number of carboxylic acid groups (broad SMARTS) is 1. The van der Waals surface area contributed by atoms with Crippen LogP contribution in [0.2, 0.25) is 0 Å². The van der Waals surface area contributed by atoms with E-state index in [4.69, 9.17) is 5.11 Å². The zero-order valence-corrected chi connectivity index (χ0v) is 6.26. The number of hydrogen-bond donors (Lipinski definition) is 1. The molecule has 0 aromatic heterocycles. The van der Waals surface area contributed by atoms with Crippen molar-refractivity contribution in [2.75, 3.05) is 0 Å². The van der Waals surface area contributed by atoms with Crippen molar-refractivity contribution in [3.05, 3.63) is 0 Å². The average Bonchev–Trinajstić information content (AvgIpc) is 2.18. The highest BCUT2D eigenvalue weighted by molar-refractivity contribution is 8.12. The molecule has 2 amide bonds. The number of imide groups is 1. The van der Waals surface area contributed by atoms with Gasteiger partial charge in [0.2, 0.25) is 11.8 Å². The van der Waals surface area contributed by atoms with Crippen molar-refractivity contribution in [1.82, 2.24) is 4.31 Å². The third kappa shape index (κ3) is 1.70. The Hall–Kier alpha value is -1.04. The van der Waals surface area contributed by atoms with Gasteiger partial charge in [-0.3, -0.25) is 9.59 Å². The second-order valence-electron chi connectivity index (χ2n) is 1.94. The summed E-state index contributed by atoms with van der Waals surface area (Å²) in [6.07, 6.45) is 0.248. The van der Waals surface area contributed by atoms with Gasteiger partial charge in [0, 0.05) is 12.8 Å². The van der Waals surface area contributed by atoms with Gasteiger partial charge in [-0.25, -0.2) is 9.10 Å². The zero-order valence-electron chi connectivity index (χ0n) is 5.44. The quantitative estimate of drug-likeness (QED) is 0.463.